The molecule has 0 amide bonds. The Morgan fingerprint density at radius 1 is 1.67 bits per heavy atom. The molecule has 1 saturated carbocycles. The van der Waals surface area contributed by atoms with Gasteiger partial charge in [0.25, 0.3) is 0 Å². The minimum Gasteiger partial charge on any atom is -0.315 e. The van der Waals surface area contributed by atoms with Crippen molar-refractivity contribution in [2.45, 2.75) is 25.4 Å². The van der Waals surface area contributed by atoms with E-state index in [1.165, 1.54) is 12.8 Å². The topological polar surface area (TPSA) is 29.9 Å². The van der Waals surface area contributed by atoms with Crippen LogP contribution < -0.4 is 5.32 Å². The molecule has 1 atom stereocenters. The second kappa shape index (κ2) is 3.27. The van der Waals surface area contributed by atoms with Crippen molar-refractivity contribution >= 4 is 0 Å². The summed E-state index contributed by atoms with van der Waals surface area (Å²) in [6, 6.07) is 2.59. The van der Waals surface area contributed by atoms with Crippen LogP contribution in [0.15, 0.2) is 18.5 Å². The Kier molecular flexibility index (Phi) is 2.13. The van der Waals surface area contributed by atoms with Gasteiger partial charge in [-0.1, -0.05) is 0 Å². The fourth-order valence-electron chi connectivity index (χ4n) is 1.58. The number of nitrogens with one attached hydrogen (secondary N) is 1. The monoisotopic (exact) mass is 165 g/mol. The van der Waals surface area contributed by atoms with Crippen LogP contribution in [0, 0.1) is 5.92 Å². The van der Waals surface area contributed by atoms with E-state index in [0.717, 1.165) is 12.5 Å². The van der Waals surface area contributed by atoms with E-state index in [4.69, 9.17) is 0 Å². The zero-order valence-electron chi connectivity index (χ0n) is 7.40. The Bertz CT molecular complexity index is 226. The highest BCUT2D eigenvalue weighted by atomic mass is 15.3. The molecule has 0 aromatic carbocycles. The van der Waals surface area contributed by atoms with Gasteiger partial charge >= 0.3 is 0 Å². The van der Waals surface area contributed by atoms with Crippen molar-refractivity contribution in [3.05, 3.63) is 18.5 Å². The van der Waals surface area contributed by atoms with Gasteiger partial charge in [0.2, 0.25) is 0 Å². The summed E-state index contributed by atoms with van der Waals surface area (Å²) >= 11 is 0. The maximum atomic E-state index is 4.19. The second-order valence-electron chi connectivity index (χ2n) is 3.46. The minimum atomic E-state index is 0.616. The molecule has 1 N–H and O–H groups in total. The lowest BCUT2D eigenvalue weighted by molar-refractivity contribution is 0.414. The Labute approximate surface area is 72.8 Å². The highest BCUT2D eigenvalue weighted by Crippen LogP contribution is 2.32. The fraction of sp³-hybridized carbons (Fsp3) is 0.667. The van der Waals surface area contributed by atoms with E-state index in [9.17, 15) is 0 Å². The van der Waals surface area contributed by atoms with Crippen molar-refractivity contribution in [3.63, 3.8) is 0 Å². The van der Waals surface area contributed by atoms with Crippen LogP contribution in [0.4, 0.5) is 0 Å². The fourth-order valence-corrected chi connectivity index (χ4v) is 1.58. The third-order valence-corrected chi connectivity index (χ3v) is 2.50. The predicted molar refractivity (Wildman–Crippen MR) is 47.8 cm³/mol. The quantitative estimate of drug-likeness (QED) is 0.717. The molecule has 0 aliphatic heterocycles. The predicted octanol–water partition coefficient (Wildman–Crippen LogP) is 0.881. The summed E-state index contributed by atoms with van der Waals surface area (Å²) in [6.07, 6.45) is 6.62. The standard InChI is InChI=1S/C9H15N3/c1-10-9(8-3-4-8)7-12-6-2-5-11-12/h2,5-6,8-10H,3-4,7H2,1H3. The molecule has 1 aliphatic carbocycles. The first-order valence-corrected chi connectivity index (χ1v) is 4.55. The maximum Gasteiger partial charge on any atom is 0.0565 e. The summed E-state index contributed by atoms with van der Waals surface area (Å²) in [6.45, 7) is 1.01. The normalized spacial score (nSPS) is 19.4. The summed E-state index contributed by atoms with van der Waals surface area (Å²) in [5.74, 6) is 0.888. The van der Waals surface area contributed by atoms with E-state index < -0.39 is 0 Å². The molecule has 2 rings (SSSR count). The number of hydrogen-bond acceptors (Lipinski definition) is 2. The SMILES string of the molecule is CNC(Cn1cccn1)C1CC1. The van der Waals surface area contributed by atoms with Crippen LogP contribution in [0.3, 0.4) is 0 Å². The molecule has 1 heterocycles. The number of likely N-dealkylation sites (N-methyl/N-ethyl adjacent to an activating group) is 1. The molecular formula is C9H15N3. The lowest BCUT2D eigenvalue weighted by Crippen LogP contribution is -2.32. The van der Waals surface area contributed by atoms with E-state index in [-0.39, 0.29) is 0 Å². The third kappa shape index (κ3) is 1.67. The molecule has 0 radical (unpaired) electrons. The average Bonchev–Trinajstić information content (AvgIpc) is 2.80. The van der Waals surface area contributed by atoms with E-state index in [2.05, 4.69) is 10.4 Å². The van der Waals surface area contributed by atoms with Gasteiger partial charge in [0.05, 0.1) is 6.54 Å². The largest absolute Gasteiger partial charge is 0.315 e. The zero-order chi connectivity index (χ0) is 8.39. The van der Waals surface area contributed by atoms with Crippen LogP contribution in [-0.2, 0) is 6.54 Å². The summed E-state index contributed by atoms with van der Waals surface area (Å²) in [7, 11) is 2.03. The van der Waals surface area contributed by atoms with Gasteiger partial charge in [-0.25, -0.2) is 0 Å². The van der Waals surface area contributed by atoms with Crippen LogP contribution >= 0.6 is 0 Å². The van der Waals surface area contributed by atoms with E-state index >= 15 is 0 Å². The summed E-state index contributed by atoms with van der Waals surface area (Å²) in [5, 5.41) is 7.53. The number of aromatic nitrogens is 2. The molecule has 1 fully saturated rings. The molecule has 1 aromatic rings. The van der Waals surface area contributed by atoms with E-state index in [0.29, 0.717) is 6.04 Å². The molecule has 3 heteroatoms. The lowest BCUT2D eigenvalue weighted by atomic mass is 10.2. The van der Waals surface area contributed by atoms with Gasteiger partial charge in [0, 0.05) is 18.4 Å². The molecule has 66 valence electrons. The summed E-state index contributed by atoms with van der Waals surface area (Å²) < 4.78 is 2.00. The second-order valence-corrected chi connectivity index (χ2v) is 3.46. The van der Waals surface area contributed by atoms with Crippen LogP contribution in [0.5, 0.6) is 0 Å². The van der Waals surface area contributed by atoms with Crippen molar-refractivity contribution < 1.29 is 0 Å². The van der Waals surface area contributed by atoms with Crippen LogP contribution in [0.25, 0.3) is 0 Å². The van der Waals surface area contributed by atoms with Gasteiger partial charge in [0.15, 0.2) is 0 Å². The maximum absolute atomic E-state index is 4.19. The van der Waals surface area contributed by atoms with Crippen molar-refractivity contribution in [1.82, 2.24) is 15.1 Å². The van der Waals surface area contributed by atoms with Gasteiger partial charge in [-0.2, -0.15) is 5.10 Å². The van der Waals surface area contributed by atoms with E-state index in [1.54, 1.807) is 0 Å². The van der Waals surface area contributed by atoms with Gasteiger partial charge in [0.1, 0.15) is 0 Å². The molecule has 1 unspecified atom stereocenters. The number of rotatable bonds is 4. The molecule has 0 saturated heterocycles. The van der Waals surface area contributed by atoms with Crippen LogP contribution in [0.1, 0.15) is 12.8 Å². The number of hydrogen-bond donors (Lipinski definition) is 1. The Hall–Kier alpha value is -0.830. The molecule has 1 aromatic heterocycles. The molecule has 1 aliphatic rings. The first-order chi connectivity index (χ1) is 5.90. The lowest BCUT2D eigenvalue weighted by Gasteiger charge is -2.14. The molecule has 12 heavy (non-hydrogen) atoms. The highest BCUT2D eigenvalue weighted by molar-refractivity contribution is 4.87. The first-order valence-electron chi connectivity index (χ1n) is 4.55. The summed E-state index contributed by atoms with van der Waals surface area (Å²) in [4.78, 5) is 0. The van der Waals surface area contributed by atoms with Gasteiger partial charge in [-0.3, -0.25) is 4.68 Å². The first kappa shape index (κ1) is 7.80. The number of nitrogens with zero attached hydrogens (tertiary/aromatic N) is 2. The van der Waals surface area contributed by atoms with Crippen molar-refractivity contribution in [2.24, 2.45) is 5.92 Å². The molecule has 3 nitrogen and oxygen atoms in total. The van der Waals surface area contributed by atoms with Crippen molar-refractivity contribution in [1.29, 1.82) is 0 Å². The van der Waals surface area contributed by atoms with Crippen molar-refractivity contribution in [3.8, 4) is 0 Å². The van der Waals surface area contributed by atoms with Crippen molar-refractivity contribution in [2.75, 3.05) is 7.05 Å². The third-order valence-electron chi connectivity index (χ3n) is 2.50. The van der Waals surface area contributed by atoms with Crippen LogP contribution in [-0.4, -0.2) is 22.9 Å². The summed E-state index contributed by atoms with van der Waals surface area (Å²) in [5.41, 5.74) is 0. The van der Waals surface area contributed by atoms with Gasteiger partial charge < -0.3 is 5.32 Å². The Balaban J connectivity index is 1.91. The molecule has 0 spiro atoms. The minimum absolute atomic E-state index is 0.616. The zero-order valence-corrected chi connectivity index (χ0v) is 7.40. The molecule has 0 bridgehead atoms. The van der Waals surface area contributed by atoms with Crippen LogP contribution in [0.2, 0.25) is 0 Å². The van der Waals surface area contributed by atoms with Gasteiger partial charge in [-0.05, 0) is 31.9 Å². The highest BCUT2D eigenvalue weighted by Gasteiger charge is 2.30. The van der Waals surface area contributed by atoms with E-state index in [1.807, 2.05) is 30.2 Å². The van der Waals surface area contributed by atoms with Gasteiger partial charge in [-0.15, -0.1) is 0 Å². The Morgan fingerprint density at radius 3 is 3.00 bits per heavy atom. The molecular weight excluding hydrogens is 150 g/mol. The smallest absolute Gasteiger partial charge is 0.0565 e. The Morgan fingerprint density at radius 2 is 2.50 bits per heavy atom. The average molecular weight is 165 g/mol.